The number of methoxy groups -OCH3 is 2. The molecule has 0 heterocycles. The van der Waals surface area contributed by atoms with Gasteiger partial charge in [0.15, 0.2) is 0 Å². The van der Waals surface area contributed by atoms with E-state index < -0.39 is 46.1 Å². The monoisotopic (exact) mass is 558 g/mol. The maximum absolute atomic E-state index is 13.1. The molecule has 1 atom stereocenters. The normalized spacial score (nSPS) is 11.6. The molecule has 0 saturated heterocycles. The number of hydrogen-bond acceptors (Lipinski definition) is 10. The van der Waals surface area contributed by atoms with Crippen molar-refractivity contribution >= 4 is 35.4 Å². The fourth-order valence-corrected chi connectivity index (χ4v) is 3.73. The van der Waals surface area contributed by atoms with Crippen LogP contribution in [0.1, 0.15) is 56.0 Å². The van der Waals surface area contributed by atoms with Crippen molar-refractivity contribution in [1.29, 1.82) is 0 Å². The molecule has 12 nitrogen and oxygen atoms in total. The van der Waals surface area contributed by atoms with Gasteiger partial charge in [-0.2, -0.15) is 0 Å². The van der Waals surface area contributed by atoms with E-state index in [0.717, 1.165) is 18.7 Å². The Balaban J connectivity index is 2.21. The highest BCUT2D eigenvalue weighted by atomic mass is 16.6. The summed E-state index contributed by atoms with van der Waals surface area (Å²) in [6.45, 7) is 5.08. The minimum absolute atomic E-state index is 0.000105. The number of esters is 3. The van der Waals surface area contributed by atoms with E-state index >= 15 is 0 Å². The second-order valence-electron chi connectivity index (χ2n) is 9.79. The molecule has 0 saturated carbocycles. The molecule has 0 radical (unpaired) electrons. The third-order valence-corrected chi connectivity index (χ3v) is 5.63. The molecule has 0 aromatic heterocycles. The standard InChI is InChI=1S/C28H34N2O10/c1-28(2,3)40-27(34)29(21-13-14-23(30(35)36)22(17-21)26(33)38-5)15-9-12-20(25(32)37-4)16-24(31)39-18-19-10-7-6-8-11-19/h6-8,10-11,13-14,17,20H,9,12,15-16,18H2,1-5H3/t20-/m1/s1. The molecular formula is C28H34N2O10. The molecule has 1 amide bonds. The van der Waals surface area contributed by atoms with Crippen LogP contribution in [0.2, 0.25) is 0 Å². The zero-order chi connectivity index (χ0) is 29.9. The quantitative estimate of drug-likeness (QED) is 0.153. The number of hydrogen-bond donors (Lipinski definition) is 0. The van der Waals surface area contributed by atoms with Gasteiger partial charge in [0.05, 0.1) is 31.5 Å². The first-order valence-electron chi connectivity index (χ1n) is 12.5. The number of benzene rings is 2. The largest absolute Gasteiger partial charge is 0.469 e. The maximum atomic E-state index is 13.1. The molecule has 0 spiro atoms. The average molecular weight is 559 g/mol. The van der Waals surface area contributed by atoms with E-state index in [-0.39, 0.29) is 43.7 Å². The van der Waals surface area contributed by atoms with Crippen molar-refractivity contribution < 1.29 is 43.0 Å². The molecule has 2 aromatic carbocycles. The SMILES string of the molecule is COC(=O)c1cc(N(CCC[C@H](CC(=O)OCc2ccccc2)C(=O)OC)C(=O)OC(C)(C)C)ccc1[N+](=O)[O-]. The van der Waals surface area contributed by atoms with E-state index in [1.807, 2.05) is 18.2 Å². The van der Waals surface area contributed by atoms with Gasteiger partial charge in [-0.25, -0.2) is 9.59 Å². The Morgan fingerprint density at radius 2 is 1.68 bits per heavy atom. The third-order valence-electron chi connectivity index (χ3n) is 5.63. The molecule has 2 aromatic rings. The Hall–Kier alpha value is -4.48. The molecule has 0 bridgehead atoms. The smallest absolute Gasteiger partial charge is 0.414 e. The summed E-state index contributed by atoms with van der Waals surface area (Å²) in [6, 6.07) is 12.7. The van der Waals surface area contributed by atoms with Crippen LogP contribution in [0, 0.1) is 16.0 Å². The summed E-state index contributed by atoms with van der Waals surface area (Å²) in [5.41, 5.74) is -0.741. The topological polar surface area (TPSA) is 152 Å². The number of nitrogens with zero attached hydrogens (tertiary/aromatic N) is 2. The molecule has 12 heteroatoms. The van der Waals surface area contributed by atoms with Crippen LogP contribution in [0.5, 0.6) is 0 Å². The van der Waals surface area contributed by atoms with Crippen LogP contribution in [0.3, 0.4) is 0 Å². The Labute approximate surface area is 232 Å². The number of nitro groups is 1. The second-order valence-corrected chi connectivity index (χ2v) is 9.79. The van der Waals surface area contributed by atoms with Crippen LogP contribution < -0.4 is 4.90 Å². The van der Waals surface area contributed by atoms with E-state index in [4.69, 9.17) is 14.2 Å². The number of carbonyl (C=O) groups is 4. The third kappa shape index (κ3) is 9.68. The molecule has 40 heavy (non-hydrogen) atoms. The van der Waals surface area contributed by atoms with Gasteiger partial charge >= 0.3 is 24.0 Å². The highest BCUT2D eigenvalue weighted by Gasteiger charge is 2.29. The highest BCUT2D eigenvalue weighted by molar-refractivity contribution is 5.97. The Morgan fingerprint density at radius 1 is 1.00 bits per heavy atom. The zero-order valence-electron chi connectivity index (χ0n) is 23.2. The van der Waals surface area contributed by atoms with E-state index in [1.54, 1.807) is 32.9 Å². The van der Waals surface area contributed by atoms with Gasteiger partial charge in [-0.3, -0.25) is 24.6 Å². The van der Waals surface area contributed by atoms with Crippen molar-refractivity contribution in [2.45, 2.75) is 52.2 Å². The number of carbonyl (C=O) groups excluding carboxylic acids is 4. The van der Waals surface area contributed by atoms with Crippen LogP contribution in [0.4, 0.5) is 16.2 Å². The lowest BCUT2D eigenvalue weighted by Gasteiger charge is -2.28. The summed E-state index contributed by atoms with van der Waals surface area (Å²) in [5, 5.41) is 11.4. The Bertz CT molecular complexity index is 1210. The predicted molar refractivity (Wildman–Crippen MR) is 144 cm³/mol. The Kier molecular flexibility index (Phi) is 11.6. The molecule has 216 valence electrons. The van der Waals surface area contributed by atoms with Crippen molar-refractivity contribution in [3.8, 4) is 0 Å². The lowest BCUT2D eigenvalue weighted by Crippen LogP contribution is -2.38. The van der Waals surface area contributed by atoms with Crippen LogP contribution in [-0.2, 0) is 35.1 Å². The van der Waals surface area contributed by atoms with Crippen molar-refractivity contribution in [3.05, 3.63) is 69.8 Å². The summed E-state index contributed by atoms with van der Waals surface area (Å²) < 4.78 is 20.3. The van der Waals surface area contributed by atoms with Gasteiger partial charge < -0.3 is 18.9 Å². The lowest BCUT2D eigenvalue weighted by molar-refractivity contribution is -0.385. The van der Waals surface area contributed by atoms with Gasteiger partial charge in [0, 0.05) is 18.3 Å². The fourth-order valence-electron chi connectivity index (χ4n) is 3.73. The molecular weight excluding hydrogens is 524 g/mol. The molecule has 0 unspecified atom stereocenters. The van der Waals surface area contributed by atoms with E-state index in [0.29, 0.717) is 0 Å². The molecule has 0 aliphatic carbocycles. The maximum Gasteiger partial charge on any atom is 0.414 e. The molecule has 0 aliphatic heterocycles. The number of ether oxygens (including phenoxy) is 4. The fraction of sp³-hybridized carbons (Fsp3) is 0.429. The van der Waals surface area contributed by atoms with E-state index in [1.165, 1.54) is 24.1 Å². The van der Waals surface area contributed by atoms with Gasteiger partial charge in [0.1, 0.15) is 17.8 Å². The Morgan fingerprint density at radius 3 is 2.25 bits per heavy atom. The summed E-state index contributed by atoms with van der Waals surface area (Å²) in [4.78, 5) is 62.0. The first-order valence-corrected chi connectivity index (χ1v) is 12.5. The second kappa shape index (κ2) is 14.6. The van der Waals surface area contributed by atoms with Crippen molar-refractivity contribution in [3.63, 3.8) is 0 Å². The average Bonchev–Trinajstić information content (AvgIpc) is 2.91. The van der Waals surface area contributed by atoms with Crippen molar-refractivity contribution in [2.75, 3.05) is 25.7 Å². The van der Waals surface area contributed by atoms with E-state index in [9.17, 15) is 29.3 Å². The summed E-state index contributed by atoms with van der Waals surface area (Å²) >= 11 is 0. The zero-order valence-corrected chi connectivity index (χ0v) is 23.2. The number of nitro benzene ring substituents is 1. The van der Waals surface area contributed by atoms with Crippen molar-refractivity contribution in [2.24, 2.45) is 5.92 Å². The van der Waals surface area contributed by atoms with Gasteiger partial charge in [0.25, 0.3) is 5.69 Å². The van der Waals surface area contributed by atoms with Gasteiger partial charge in [0.2, 0.25) is 0 Å². The van der Waals surface area contributed by atoms with Crippen molar-refractivity contribution in [1.82, 2.24) is 0 Å². The summed E-state index contributed by atoms with van der Waals surface area (Å²) in [6.07, 6.45) is -0.622. The number of anilines is 1. The van der Waals surface area contributed by atoms with Gasteiger partial charge in [-0.15, -0.1) is 0 Å². The summed E-state index contributed by atoms with van der Waals surface area (Å²) in [5.74, 6) is -2.97. The van der Waals surface area contributed by atoms with Crippen LogP contribution in [0.25, 0.3) is 0 Å². The lowest BCUT2D eigenvalue weighted by atomic mass is 9.99. The highest BCUT2D eigenvalue weighted by Crippen LogP contribution is 2.28. The minimum Gasteiger partial charge on any atom is -0.469 e. The molecule has 0 fully saturated rings. The summed E-state index contributed by atoms with van der Waals surface area (Å²) in [7, 11) is 2.30. The minimum atomic E-state index is -0.947. The predicted octanol–water partition coefficient (Wildman–Crippen LogP) is 4.83. The molecule has 0 aliphatic rings. The van der Waals surface area contributed by atoms with E-state index in [2.05, 4.69) is 4.74 Å². The van der Waals surface area contributed by atoms with Gasteiger partial charge in [-0.1, -0.05) is 30.3 Å². The molecule has 0 N–H and O–H groups in total. The molecule has 2 rings (SSSR count). The van der Waals surface area contributed by atoms with Crippen LogP contribution in [0.15, 0.2) is 48.5 Å². The van der Waals surface area contributed by atoms with Crippen LogP contribution >= 0.6 is 0 Å². The first-order chi connectivity index (χ1) is 18.9. The van der Waals surface area contributed by atoms with Gasteiger partial charge in [-0.05, 0) is 51.3 Å². The number of rotatable bonds is 12. The number of amides is 1. The van der Waals surface area contributed by atoms with Crippen LogP contribution in [-0.4, -0.2) is 55.3 Å². The first kappa shape index (κ1) is 31.7.